The number of carbonyl (C=O) groups is 3. The summed E-state index contributed by atoms with van der Waals surface area (Å²) in [5, 5.41) is 4.70. The third-order valence-electron chi connectivity index (χ3n) is 3.80. The minimum atomic E-state index is -0.678. The predicted molar refractivity (Wildman–Crippen MR) is 98.5 cm³/mol. The van der Waals surface area contributed by atoms with Gasteiger partial charge in [-0.05, 0) is 32.1 Å². The maximum atomic E-state index is 11.8. The lowest BCUT2D eigenvalue weighted by atomic mass is 10.1. The fraction of sp³-hybridized carbons (Fsp3) is 0.421. The number of carbonyl (C=O) groups excluding carboxylic acids is 3. The number of likely N-dealkylation sites (N-methyl/N-ethyl adjacent to an activating group) is 1. The van der Waals surface area contributed by atoms with Crippen molar-refractivity contribution in [2.75, 3.05) is 26.8 Å². The lowest BCUT2D eigenvalue weighted by Crippen LogP contribution is -2.37. The van der Waals surface area contributed by atoms with E-state index in [1.165, 1.54) is 13.1 Å². The second kappa shape index (κ2) is 9.61. The zero-order valence-electron chi connectivity index (χ0n) is 15.7. The number of rotatable bonds is 8. The lowest BCUT2D eigenvalue weighted by molar-refractivity contribution is -0.143. The van der Waals surface area contributed by atoms with Crippen LogP contribution in [0.4, 0.5) is 0 Å². The van der Waals surface area contributed by atoms with Gasteiger partial charge < -0.3 is 24.8 Å². The minimum Gasteiger partial charge on any atom is -0.493 e. The van der Waals surface area contributed by atoms with Gasteiger partial charge in [0, 0.05) is 30.7 Å². The van der Waals surface area contributed by atoms with Gasteiger partial charge in [0.1, 0.15) is 17.6 Å². The number of hydrogen-bond acceptors (Lipinski definition) is 6. The van der Waals surface area contributed by atoms with E-state index < -0.39 is 18.5 Å². The highest BCUT2D eigenvalue weighted by Crippen LogP contribution is 2.35. The van der Waals surface area contributed by atoms with Crippen molar-refractivity contribution in [2.24, 2.45) is 0 Å². The fourth-order valence-corrected chi connectivity index (χ4v) is 2.53. The molecule has 1 heterocycles. The Morgan fingerprint density at radius 1 is 1.30 bits per heavy atom. The smallest absolute Gasteiger partial charge is 0.331 e. The van der Waals surface area contributed by atoms with Crippen LogP contribution in [0.2, 0.25) is 0 Å². The fourth-order valence-electron chi connectivity index (χ4n) is 2.53. The van der Waals surface area contributed by atoms with E-state index in [-0.39, 0.29) is 18.6 Å². The van der Waals surface area contributed by atoms with Crippen LogP contribution in [0.15, 0.2) is 18.2 Å². The average molecular weight is 376 g/mol. The van der Waals surface area contributed by atoms with E-state index in [1.807, 2.05) is 26.0 Å². The average Bonchev–Trinajstić information content (AvgIpc) is 3.01. The largest absolute Gasteiger partial charge is 0.493 e. The maximum Gasteiger partial charge on any atom is 0.331 e. The van der Waals surface area contributed by atoms with E-state index in [4.69, 9.17) is 14.2 Å². The molecule has 1 aliphatic heterocycles. The van der Waals surface area contributed by atoms with Crippen LogP contribution in [0.1, 0.15) is 25.0 Å². The molecule has 27 heavy (non-hydrogen) atoms. The maximum absolute atomic E-state index is 11.8. The van der Waals surface area contributed by atoms with Crippen LogP contribution in [-0.2, 0) is 25.5 Å². The van der Waals surface area contributed by atoms with Gasteiger partial charge in [0.05, 0.1) is 13.2 Å². The van der Waals surface area contributed by atoms with Crippen LogP contribution in [0.25, 0.3) is 6.08 Å². The first kappa shape index (κ1) is 20.3. The van der Waals surface area contributed by atoms with E-state index >= 15 is 0 Å². The summed E-state index contributed by atoms with van der Waals surface area (Å²) in [5.41, 5.74) is 1.75. The van der Waals surface area contributed by atoms with E-state index in [2.05, 4.69) is 10.6 Å². The highest BCUT2D eigenvalue weighted by molar-refractivity contribution is 5.90. The third-order valence-corrected chi connectivity index (χ3v) is 3.80. The van der Waals surface area contributed by atoms with Gasteiger partial charge in [-0.25, -0.2) is 4.79 Å². The van der Waals surface area contributed by atoms with Crippen LogP contribution >= 0.6 is 0 Å². The van der Waals surface area contributed by atoms with Crippen LogP contribution in [0.3, 0.4) is 0 Å². The molecule has 0 fully saturated rings. The molecule has 0 unspecified atom stereocenters. The van der Waals surface area contributed by atoms with Gasteiger partial charge in [0.25, 0.3) is 5.91 Å². The first-order valence-corrected chi connectivity index (χ1v) is 8.71. The first-order valence-electron chi connectivity index (χ1n) is 8.71. The van der Waals surface area contributed by atoms with E-state index in [0.29, 0.717) is 17.9 Å². The van der Waals surface area contributed by atoms with E-state index in [0.717, 1.165) is 17.7 Å². The molecule has 0 saturated carbocycles. The van der Waals surface area contributed by atoms with E-state index in [1.54, 1.807) is 6.08 Å². The van der Waals surface area contributed by atoms with Gasteiger partial charge in [-0.2, -0.15) is 0 Å². The Labute approximate surface area is 157 Å². The van der Waals surface area contributed by atoms with Crippen molar-refractivity contribution >= 4 is 23.9 Å². The van der Waals surface area contributed by atoms with Crippen molar-refractivity contribution in [3.8, 4) is 11.5 Å². The summed E-state index contributed by atoms with van der Waals surface area (Å²) >= 11 is 0. The van der Waals surface area contributed by atoms with Crippen molar-refractivity contribution in [3.63, 3.8) is 0 Å². The predicted octanol–water partition coefficient (Wildman–Crippen LogP) is 0.827. The monoisotopic (exact) mass is 376 g/mol. The standard InChI is InChI=1S/C19H24N2O6/c1-4-25-15-9-14-7-12(2)27-16(14)8-13(15)5-6-19(24)26-11-18(23)21-10-17(22)20-3/h5-6,8-9,12H,4,7,10-11H2,1-3H3,(H,20,22)(H,21,23)/b6-5+/t12-/m1/s1. The lowest BCUT2D eigenvalue weighted by Gasteiger charge is -2.10. The SMILES string of the molecule is CCOc1cc2c(cc1/C=C/C(=O)OCC(=O)NCC(=O)NC)O[C@H](C)C2. The Kier molecular flexibility index (Phi) is 7.22. The Hall–Kier alpha value is -3.03. The molecule has 8 nitrogen and oxygen atoms in total. The number of ether oxygens (including phenoxy) is 3. The Morgan fingerprint density at radius 2 is 2.07 bits per heavy atom. The molecule has 0 aliphatic carbocycles. The zero-order valence-corrected chi connectivity index (χ0v) is 15.7. The normalized spacial score (nSPS) is 15.0. The van der Waals surface area contributed by atoms with Crippen molar-refractivity contribution in [1.82, 2.24) is 10.6 Å². The van der Waals surface area contributed by atoms with Gasteiger partial charge in [-0.3, -0.25) is 9.59 Å². The molecule has 0 aromatic heterocycles. The molecule has 2 amide bonds. The number of esters is 1. The Morgan fingerprint density at radius 3 is 2.78 bits per heavy atom. The zero-order chi connectivity index (χ0) is 19.8. The number of benzene rings is 1. The topological polar surface area (TPSA) is 103 Å². The quantitative estimate of drug-likeness (QED) is 0.515. The molecule has 0 radical (unpaired) electrons. The molecular weight excluding hydrogens is 352 g/mol. The van der Waals surface area contributed by atoms with Gasteiger partial charge in [0.2, 0.25) is 5.91 Å². The molecule has 1 atom stereocenters. The summed E-state index contributed by atoms with van der Waals surface area (Å²) in [5.74, 6) is -0.155. The Bertz CT molecular complexity index is 744. The highest BCUT2D eigenvalue weighted by atomic mass is 16.5. The summed E-state index contributed by atoms with van der Waals surface area (Å²) in [6, 6.07) is 3.74. The van der Waals surface area contributed by atoms with Crippen molar-refractivity contribution in [3.05, 3.63) is 29.3 Å². The summed E-state index contributed by atoms with van der Waals surface area (Å²) in [6.45, 7) is 3.72. The van der Waals surface area contributed by atoms with Gasteiger partial charge in [-0.1, -0.05) is 0 Å². The molecule has 146 valence electrons. The number of hydrogen-bond donors (Lipinski definition) is 2. The molecule has 2 N–H and O–H groups in total. The van der Waals surface area contributed by atoms with Crippen LogP contribution < -0.4 is 20.1 Å². The van der Waals surface area contributed by atoms with Crippen molar-refractivity contribution < 1.29 is 28.6 Å². The molecule has 8 heteroatoms. The van der Waals surface area contributed by atoms with E-state index in [9.17, 15) is 14.4 Å². The number of fused-ring (bicyclic) bond motifs is 1. The Balaban J connectivity index is 1.94. The minimum absolute atomic E-state index is 0.104. The number of nitrogens with one attached hydrogen (secondary N) is 2. The molecular formula is C19H24N2O6. The summed E-state index contributed by atoms with van der Waals surface area (Å²) in [4.78, 5) is 34.4. The third kappa shape index (κ3) is 6.02. The van der Waals surface area contributed by atoms with Crippen LogP contribution in [0.5, 0.6) is 11.5 Å². The van der Waals surface area contributed by atoms with Crippen molar-refractivity contribution in [2.45, 2.75) is 26.4 Å². The second-order valence-corrected chi connectivity index (χ2v) is 5.95. The molecule has 1 aromatic carbocycles. The summed E-state index contributed by atoms with van der Waals surface area (Å²) < 4.78 is 16.2. The number of amides is 2. The van der Waals surface area contributed by atoms with Gasteiger partial charge in [-0.15, -0.1) is 0 Å². The second-order valence-electron chi connectivity index (χ2n) is 5.95. The van der Waals surface area contributed by atoms with Gasteiger partial charge in [0.15, 0.2) is 6.61 Å². The van der Waals surface area contributed by atoms with Crippen LogP contribution in [-0.4, -0.2) is 50.7 Å². The summed E-state index contributed by atoms with van der Waals surface area (Å²) in [6.07, 6.45) is 3.69. The first-order chi connectivity index (χ1) is 12.9. The highest BCUT2D eigenvalue weighted by Gasteiger charge is 2.21. The van der Waals surface area contributed by atoms with Gasteiger partial charge >= 0.3 is 5.97 Å². The molecule has 1 aromatic rings. The summed E-state index contributed by atoms with van der Waals surface area (Å²) in [7, 11) is 1.46. The molecule has 0 spiro atoms. The molecule has 2 rings (SSSR count). The molecule has 0 bridgehead atoms. The molecule has 1 aliphatic rings. The van der Waals surface area contributed by atoms with Crippen LogP contribution in [0, 0.1) is 0 Å². The molecule has 0 saturated heterocycles. The van der Waals surface area contributed by atoms with Crippen molar-refractivity contribution in [1.29, 1.82) is 0 Å².